The number of aromatic hydroxyl groups is 1. The highest BCUT2D eigenvalue weighted by molar-refractivity contribution is 5.96. The van der Waals surface area contributed by atoms with E-state index in [1.165, 1.54) is 0 Å². The lowest BCUT2D eigenvalue weighted by Crippen LogP contribution is -2.39. The van der Waals surface area contributed by atoms with Crippen molar-refractivity contribution in [3.05, 3.63) is 23.8 Å². The Labute approximate surface area is 101 Å². The average molecular weight is 234 g/mol. The number of phenolic OH excluding ortho intramolecular Hbond substituents is 1. The fourth-order valence-electron chi connectivity index (χ4n) is 2.16. The molecule has 1 aromatic carbocycles. The lowest BCUT2D eigenvalue weighted by atomic mass is 10.0. The first kappa shape index (κ1) is 11.9. The van der Waals surface area contributed by atoms with Crippen LogP contribution in [0.3, 0.4) is 0 Å². The van der Waals surface area contributed by atoms with Crippen molar-refractivity contribution in [3.8, 4) is 5.75 Å². The average Bonchev–Trinajstić information content (AvgIpc) is 2.71. The van der Waals surface area contributed by atoms with Crippen molar-refractivity contribution in [2.75, 3.05) is 11.9 Å². The van der Waals surface area contributed by atoms with Crippen LogP contribution in [0.5, 0.6) is 5.75 Å². The summed E-state index contributed by atoms with van der Waals surface area (Å²) >= 11 is 0. The molecule has 17 heavy (non-hydrogen) atoms. The number of rotatable bonds is 2. The summed E-state index contributed by atoms with van der Waals surface area (Å²) in [5, 5.41) is 15.8. The molecule has 2 rings (SSSR count). The number of carbonyl (C=O) groups is 1. The summed E-state index contributed by atoms with van der Waals surface area (Å²) in [6.07, 6.45) is 1.01. The minimum atomic E-state index is -0.157. The van der Waals surface area contributed by atoms with Crippen LogP contribution in [0.4, 0.5) is 5.69 Å². The second kappa shape index (κ2) is 4.75. The number of aryl methyl sites for hydroxylation is 1. The summed E-state index contributed by atoms with van der Waals surface area (Å²) in [5.41, 5.74) is 1.24. The summed E-state index contributed by atoms with van der Waals surface area (Å²) in [6, 6.07) is 5.17. The summed E-state index contributed by atoms with van der Waals surface area (Å²) in [5.74, 6) is 0.407. The van der Waals surface area contributed by atoms with E-state index in [9.17, 15) is 9.90 Å². The monoisotopic (exact) mass is 234 g/mol. The van der Waals surface area contributed by atoms with Gasteiger partial charge in [0.05, 0.1) is 11.7 Å². The minimum absolute atomic E-state index is 0.0732. The van der Waals surface area contributed by atoms with Crippen LogP contribution in [0.1, 0.15) is 18.9 Å². The van der Waals surface area contributed by atoms with E-state index in [1.54, 1.807) is 19.1 Å². The lowest BCUT2D eigenvalue weighted by Gasteiger charge is -2.16. The topological polar surface area (TPSA) is 61.4 Å². The Kier molecular flexibility index (Phi) is 3.33. The maximum absolute atomic E-state index is 12.0. The number of amides is 1. The molecule has 1 aromatic rings. The van der Waals surface area contributed by atoms with Gasteiger partial charge in [-0.1, -0.05) is 19.1 Å². The van der Waals surface area contributed by atoms with E-state index < -0.39 is 0 Å². The van der Waals surface area contributed by atoms with Crippen molar-refractivity contribution in [3.63, 3.8) is 0 Å². The number of phenols is 1. The van der Waals surface area contributed by atoms with Crippen LogP contribution >= 0.6 is 0 Å². The van der Waals surface area contributed by atoms with Gasteiger partial charge in [-0.05, 0) is 37.4 Å². The van der Waals surface area contributed by atoms with Gasteiger partial charge in [-0.25, -0.2) is 0 Å². The molecule has 1 aliphatic heterocycles. The number of hydrogen-bond donors (Lipinski definition) is 3. The van der Waals surface area contributed by atoms with Gasteiger partial charge in [-0.3, -0.25) is 4.79 Å². The van der Waals surface area contributed by atoms with Gasteiger partial charge in [0, 0.05) is 0 Å². The largest absolute Gasteiger partial charge is 0.505 e. The third kappa shape index (κ3) is 2.42. The molecular formula is C13H18N2O2. The molecule has 0 bridgehead atoms. The second-order valence-electron chi connectivity index (χ2n) is 4.66. The highest BCUT2D eigenvalue weighted by Gasteiger charge is 2.29. The summed E-state index contributed by atoms with van der Waals surface area (Å²) < 4.78 is 0. The van der Waals surface area contributed by atoms with Crippen LogP contribution in [-0.4, -0.2) is 23.6 Å². The normalized spacial score (nSPS) is 23.6. The van der Waals surface area contributed by atoms with Crippen LogP contribution in [-0.2, 0) is 4.79 Å². The van der Waals surface area contributed by atoms with E-state index in [0.29, 0.717) is 11.6 Å². The van der Waals surface area contributed by atoms with E-state index >= 15 is 0 Å². The summed E-state index contributed by atoms with van der Waals surface area (Å²) in [6.45, 7) is 4.74. The zero-order valence-corrected chi connectivity index (χ0v) is 10.2. The van der Waals surface area contributed by atoms with Gasteiger partial charge < -0.3 is 15.7 Å². The molecule has 2 unspecified atom stereocenters. The van der Waals surface area contributed by atoms with E-state index in [4.69, 9.17) is 0 Å². The number of nitrogens with one attached hydrogen (secondary N) is 2. The molecule has 0 aromatic heterocycles. The fourth-order valence-corrected chi connectivity index (χ4v) is 2.16. The van der Waals surface area contributed by atoms with Gasteiger partial charge in [0.2, 0.25) is 5.91 Å². The Morgan fingerprint density at radius 1 is 1.53 bits per heavy atom. The number of hydrogen-bond acceptors (Lipinski definition) is 3. The molecule has 0 spiro atoms. The minimum Gasteiger partial charge on any atom is -0.505 e. The van der Waals surface area contributed by atoms with Gasteiger partial charge in [0.25, 0.3) is 0 Å². The molecule has 0 saturated carbocycles. The van der Waals surface area contributed by atoms with Gasteiger partial charge >= 0.3 is 0 Å². The SMILES string of the molecule is Cc1cccc(NC(=O)C2NCCC2C)c1O. The molecule has 92 valence electrons. The zero-order chi connectivity index (χ0) is 12.4. The zero-order valence-electron chi connectivity index (χ0n) is 10.2. The fraction of sp³-hybridized carbons (Fsp3) is 0.462. The van der Waals surface area contributed by atoms with Crippen LogP contribution in [0, 0.1) is 12.8 Å². The van der Waals surface area contributed by atoms with E-state index in [2.05, 4.69) is 17.6 Å². The first-order chi connectivity index (χ1) is 8.09. The number of para-hydroxylation sites is 1. The van der Waals surface area contributed by atoms with E-state index in [0.717, 1.165) is 18.5 Å². The Morgan fingerprint density at radius 2 is 2.29 bits per heavy atom. The highest BCUT2D eigenvalue weighted by Crippen LogP contribution is 2.27. The van der Waals surface area contributed by atoms with Crippen molar-refractivity contribution >= 4 is 11.6 Å². The molecule has 0 radical (unpaired) electrons. The van der Waals surface area contributed by atoms with Crippen LogP contribution in [0.15, 0.2) is 18.2 Å². The quantitative estimate of drug-likeness (QED) is 0.682. The first-order valence-corrected chi connectivity index (χ1v) is 5.92. The van der Waals surface area contributed by atoms with E-state index in [-0.39, 0.29) is 17.7 Å². The smallest absolute Gasteiger partial charge is 0.241 e. The third-order valence-electron chi connectivity index (χ3n) is 3.31. The van der Waals surface area contributed by atoms with Crippen LogP contribution < -0.4 is 10.6 Å². The number of anilines is 1. The Bertz CT molecular complexity index is 431. The maximum Gasteiger partial charge on any atom is 0.241 e. The Balaban J connectivity index is 2.10. The molecular weight excluding hydrogens is 216 g/mol. The molecule has 1 saturated heterocycles. The van der Waals surface area contributed by atoms with Crippen LogP contribution in [0.25, 0.3) is 0 Å². The van der Waals surface area contributed by atoms with Crippen molar-refractivity contribution in [2.45, 2.75) is 26.3 Å². The van der Waals surface area contributed by atoms with Gasteiger partial charge in [-0.15, -0.1) is 0 Å². The lowest BCUT2D eigenvalue weighted by molar-refractivity contribution is -0.118. The number of benzene rings is 1. The summed E-state index contributed by atoms with van der Waals surface area (Å²) in [4.78, 5) is 12.0. The van der Waals surface area contributed by atoms with Crippen molar-refractivity contribution in [1.82, 2.24) is 5.32 Å². The highest BCUT2D eigenvalue weighted by atomic mass is 16.3. The molecule has 1 aliphatic rings. The van der Waals surface area contributed by atoms with Gasteiger partial charge in [0.1, 0.15) is 5.75 Å². The number of carbonyl (C=O) groups excluding carboxylic acids is 1. The van der Waals surface area contributed by atoms with Crippen molar-refractivity contribution in [2.24, 2.45) is 5.92 Å². The standard InChI is InChI=1S/C13H18N2O2/c1-8-6-7-14-11(8)13(17)15-10-5-3-4-9(2)12(10)16/h3-5,8,11,14,16H,6-7H2,1-2H3,(H,15,17). The molecule has 1 heterocycles. The molecule has 4 nitrogen and oxygen atoms in total. The maximum atomic E-state index is 12.0. The first-order valence-electron chi connectivity index (χ1n) is 5.92. The molecule has 1 amide bonds. The van der Waals surface area contributed by atoms with Gasteiger partial charge in [-0.2, -0.15) is 0 Å². The predicted octanol–water partition coefficient (Wildman–Crippen LogP) is 1.64. The summed E-state index contributed by atoms with van der Waals surface area (Å²) in [7, 11) is 0. The molecule has 0 aliphatic carbocycles. The molecule has 3 N–H and O–H groups in total. The third-order valence-corrected chi connectivity index (χ3v) is 3.31. The molecule has 1 fully saturated rings. The van der Waals surface area contributed by atoms with Gasteiger partial charge in [0.15, 0.2) is 0 Å². The Morgan fingerprint density at radius 3 is 2.94 bits per heavy atom. The van der Waals surface area contributed by atoms with E-state index in [1.807, 2.05) is 6.07 Å². The second-order valence-corrected chi connectivity index (χ2v) is 4.66. The Hall–Kier alpha value is -1.55. The van der Waals surface area contributed by atoms with Crippen molar-refractivity contribution in [1.29, 1.82) is 0 Å². The molecule has 2 atom stereocenters. The van der Waals surface area contributed by atoms with Crippen molar-refractivity contribution < 1.29 is 9.90 Å². The van der Waals surface area contributed by atoms with Crippen LogP contribution in [0.2, 0.25) is 0 Å². The predicted molar refractivity (Wildman–Crippen MR) is 67.0 cm³/mol. The molecule has 4 heteroatoms.